The highest BCUT2D eigenvalue weighted by molar-refractivity contribution is 7.88. The van der Waals surface area contributed by atoms with Gasteiger partial charge in [0.1, 0.15) is 10.8 Å². The molecule has 3 rings (SSSR count). The number of benzene rings is 2. The van der Waals surface area contributed by atoms with Crippen LogP contribution >= 0.6 is 11.3 Å². The molecule has 0 unspecified atom stereocenters. The van der Waals surface area contributed by atoms with Crippen molar-refractivity contribution in [2.24, 2.45) is 0 Å². The monoisotopic (exact) mass is 402 g/mol. The second-order valence-electron chi connectivity index (χ2n) is 6.11. The van der Waals surface area contributed by atoms with Crippen molar-refractivity contribution in [1.82, 2.24) is 9.71 Å². The molecular weight excluding hydrogens is 380 g/mol. The number of sulfonamides is 1. The highest BCUT2D eigenvalue weighted by Crippen LogP contribution is 2.30. The molecule has 27 heavy (non-hydrogen) atoms. The summed E-state index contributed by atoms with van der Waals surface area (Å²) in [7, 11) is -3.14. The van der Waals surface area contributed by atoms with Crippen molar-refractivity contribution in [1.29, 1.82) is 0 Å². The number of rotatable bonds is 8. The first-order valence-electron chi connectivity index (χ1n) is 8.67. The summed E-state index contributed by atoms with van der Waals surface area (Å²) in [5.41, 5.74) is 4.09. The summed E-state index contributed by atoms with van der Waals surface area (Å²) in [5, 5.41) is 3.00. The third kappa shape index (κ3) is 5.63. The van der Waals surface area contributed by atoms with Gasteiger partial charge in [-0.05, 0) is 31.0 Å². The summed E-state index contributed by atoms with van der Waals surface area (Å²) >= 11 is 1.60. The lowest BCUT2D eigenvalue weighted by Gasteiger charge is -2.04. The molecule has 142 valence electrons. The molecule has 0 fully saturated rings. The average molecular weight is 403 g/mol. The molecule has 0 amide bonds. The van der Waals surface area contributed by atoms with Gasteiger partial charge in [0.15, 0.2) is 0 Å². The van der Waals surface area contributed by atoms with Gasteiger partial charge in [-0.25, -0.2) is 18.1 Å². The minimum absolute atomic E-state index is 0.398. The van der Waals surface area contributed by atoms with Crippen LogP contribution in [-0.4, -0.2) is 32.8 Å². The van der Waals surface area contributed by atoms with E-state index in [1.807, 2.05) is 60.8 Å². The number of nitrogens with one attached hydrogen (secondary N) is 1. The van der Waals surface area contributed by atoms with Crippen molar-refractivity contribution in [3.05, 3.63) is 59.5 Å². The normalized spacial score (nSPS) is 11.5. The lowest BCUT2D eigenvalue weighted by atomic mass is 10.1. The second-order valence-corrected chi connectivity index (χ2v) is 8.80. The molecule has 0 radical (unpaired) electrons. The van der Waals surface area contributed by atoms with Crippen LogP contribution < -0.4 is 9.46 Å². The summed E-state index contributed by atoms with van der Waals surface area (Å²) in [6, 6.07) is 16.0. The van der Waals surface area contributed by atoms with E-state index in [1.54, 1.807) is 11.3 Å². The summed E-state index contributed by atoms with van der Waals surface area (Å²) in [6.07, 6.45) is 1.82. The van der Waals surface area contributed by atoms with Crippen LogP contribution in [0.5, 0.6) is 5.75 Å². The zero-order chi connectivity index (χ0) is 19.3. The molecule has 0 spiro atoms. The van der Waals surface area contributed by atoms with Gasteiger partial charge in [0.05, 0.1) is 18.6 Å². The van der Waals surface area contributed by atoms with Crippen molar-refractivity contribution >= 4 is 21.4 Å². The molecule has 1 N–H and O–H groups in total. The molecule has 7 heteroatoms. The number of aromatic nitrogens is 1. The molecule has 0 aliphatic carbocycles. The van der Waals surface area contributed by atoms with Crippen molar-refractivity contribution < 1.29 is 13.2 Å². The van der Waals surface area contributed by atoms with Crippen molar-refractivity contribution in [2.45, 2.75) is 13.3 Å². The third-order valence-corrected chi connectivity index (χ3v) is 5.54. The number of hydrogen-bond acceptors (Lipinski definition) is 5. The van der Waals surface area contributed by atoms with Crippen LogP contribution in [0.15, 0.2) is 53.9 Å². The van der Waals surface area contributed by atoms with E-state index in [4.69, 9.17) is 9.72 Å². The van der Waals surface area contributed by atoms with Crippen LogP contribution in [-0.2, 0) is 16.4 Å². The molecule has 5 nitrogen and oxygen atoms in total. The Hall–Kier alpha value is -2.22. The molecule has 0 saturated carbocycles. The molecule has 2 aromatic carbocycles. The van der Waals surface area contributed by atoms with Crippen molar-refractivity contribution in [3.8, 4) is 27.6 Å². The molecular formula is C20H22N2O3S2. The Morgan fingerprint density at radius 2 is 1.89 bits per heavy atom. The lowest BCUT2D eigenvalue weighted by Crippen LogP contribution is -2.24. The third-order valence-electron chi connectivity index (χ3n) is 3.92. The first-order chi connectivity index (χ1) is 12.9. The van der Waals surface area contributed by atoms with Gasteiger partial charge in [-0.3, -0.25) is 0 Å². The fourth-order valence-electron chi connectivity index (χ4n) is 2.65. The SMILES string of the molecule is CCOc1cccc(-c2nc(-c3ccc(CCNS(C)(=O)=O)cc3)cs2)c1. The molecule has 0 aliphatic rings. The van der Waals surface area contributed by atoms with E-state index in [-0.39, 0.29) is 0 Å². The van der Waals surface area contributed by atoms with Gasteiger partial charge in [0, 0.05) is 23.1 Å². The quantitative estimate of drug-likeness (QED) is 0.619. The Kier molecular flexibility index (Phi) is 6.26. The minimum atomic E-state index is -3.14. The van der Waals surface area contributed by atoms with E-state index in [0.717, 1.165) is 33.1 Å². The number of nitrogens with zero attached hydrogens (tertiary/aromatic N) is 1. The van der Waals surface area contributed by atoms with Gasteiger partial charge in [-0.2, -0.15) is 0 Å². The zero-order valence-corrected chi connectivity index (χ0v) is 16.9. The fraction of sp³-hybridized carbons (Fsp3) is 0.250. The lowest BCUT2D eigenvalue weighted by molar-refractivity contribution is 0.340. The molecule has 0 atom stereocenters. The Morgan fingerprint density at radius 3 is 2.59 bits per heavy atom. The van der Waals surface area contributed by atoms with E-state index in [0.29, 0.717) is 19.6 Å². The van der Waals surface area contributed by atoms with Crippen LogP contribution in [0.3, 0.4) is 0 Å². The van der Waals surface area contributed by atoms with E-state index >= 15 is 0 Å². The van der Waals surface area contributed by atoms with Crippen LogP contribution in [0, 0.1) is 0 Å². The summed E-state index contributed by atoms with van der Waals surface area (Å²) in [4.78, 5) is 4.75. The van der Waals surface area contributed by atoms with Crippen LogP contribution in [0.2, 0.25) is 0 Å². The van der Waals surface area contributed by atoms with Gasteiger partial charge in [0.25, 0.3) is 0 Å². The predicted molar refractivity (Wildman–Crippen MR) is 111 cm³/mol. The maximum absolute atomic E-state index is 11.1. The van der Waals surface area contributed by atoms with Crippen LogP contribution in [0.25, 0.3) is 21.8 Å². The summed E-state index contributed by atoms with van der Waals surface area (Å²) in [5.74, 6) is 0.846. The Balaban J connectivity index is 1.70. The van der Waals surface area contributed by atoms with Crippen molar-refractivity contribution in [3.63, 3.8) is 0 Å². The molecule has 3 aromatic rings. The smallest absolute Gasteiger partial charge is 0.208 e. The zero-order valence-electron chi connectivity index (χ0n) is 15.3. The van der Waals surface area contributed by atoms with Gasteiger partial charge in [0.2, 0.25) is 10.0 Å². The predicted octanol–water partition coefficient (Wildman–Crippen LogP) is 3.97. The van der Waals surface area contributed by atoms with E-state index < -0.39 is 10.0 Å². The molecule has 1 aromatic heterocycles. The Morgan fingerprint density at radius 1 is 1.11 bits per heavy atom. The number of ether oxygens (including phenoxy) is 1. The number of thiazole rings is 1. The van der Waals surface area contributed by atoms with Crippen LogP contribution in [0.4, 0.5) is 0 Å². The standard InChI is InChI=1S/C20H22N2O3S2/c1-3-25-18-6-4-5-17(13-18)20-22-19(14-26-20)16-9-7-15(8-10-16)11-12-21-27(2,23)24/h4-10,13-14,21H,3,11-12H2,1-2H3. The van der Waals surface area contributed by atoms with Crippen molar-refractivity contribution in [2.75, 3.05) is 19.4 Å². The largest absolute Gasteiger partial charge is 0.494 e. The van der Waals surface area contributed by atoms with Gasteiger partial charge >= 0.3 is 0 Å². The maximum atomic E-state index is 11.1. The molecule has 0 saturated heterocycles. The highest BCUT2D eigenvalue weighted by Gasteiger charge is 2.08. The Bertz CT molecular complexity index is 996. The van der Waals surface area contributed by atoms with Gasteiger partial charge in [-0.1, -0.05) is 36.4 Å². The summed E-state index contributed by atoms with van der Waals surface area (Å²) < 4.78 is 30.3. The average Bonchev–Trinajstić information content (AvgIpc) is 3.12. The first kappa shape index (κ1) is 19.5. The highest BCUT2D eigenvalue weighted by atomic mass is 32.2. The second kappa shape index (κ2) is 8.65. The summed E-state index contributed by atoms with van der Waals surface area (Å²) in [6.45, 7) is 3.00. The van der Waals surface area contributed by atoms with E-state index in [9.17, 15) is 8.42 Å². The van der Waals surface area contributed by atoms with E-state index in [2.05, 4.69) is 4.72 Å². The first-order valence-corrected chi connectivity index (χ1v) is 11.4. The van der Waals surface area contributed by atoms with Crippen LogP contribution in [0.1, 0.15) is 12.5 Å². The molecule has 0 bridgehead atoms. The maximum Gasteiger partial charge on any atom is 0.208 e. The molecule has 1 heterocycles. The van der Waals surface area contributed by atoms with Gasteiger partial charge < -0.3 is 4.74 Å². The van der Waals surface area contributed by atoms with E-state index in [1.165, 1.54) is 6.26 Å². The topological polar surface area (TPSA) is 68.3 Å². The molecule has 0 aliphatic heterocycles. The van der Waals surface area contributed by atoms with Gasteiger partial charge in [-0.15, -0.1) is 11.3 Å². The minimum Gasteiger partial charge on any atom is -0.494 e. The fourth-order valence-corrected chi connectivity index (χ4v) is 3.95. The number of hydrogen-bond donors (Lipinski definition) is 1. The Labute approximate surface area is 164 Å².